The lowest BCUT2D eigenvalue weighted by atomic mass is 10.6. The molecule has 1 rings (SSSR count). The second-order valence-electron chi connectivity index (χ2n) is 2.46. The minimum atomic E-state index is -0.344. The maximum absolute atomic E-state index is 10.4. The maximum atomic E-state index is 10.4. The molecule has 0 saturated heterocycles. The van der Waals surface area contributed by atoms with E-state index in [1.165, 1.54) is 6.92 Å². The van der Waals surface area contributed by atoms with Crippen molar-refractivity contribution in [1.29, 1.82) is 0 Å². The topological polar surface area (TPSA) is 77.0 Å². The van der Waals surface area contributed by atoms with Gasteiger partial charge in [-0.05, 0) is 23.2 Å². The third-order valence-corrected chi connectivity index (χ3v) is 1.61. The molecule has 0 spiro atoms. The predicted octanol–water partition coefficient (Wildman–Crippen LogP) is 1.15. The van der Waals surface area contributed by atoms with Gasteiger partial charge in [0.25, 0.3) is 0 Å². The van der Waals surface area contributed by atoms with E-state index in [0.29, 0.717) is 6.54 Å². The molecule has 15 heavy (non-hydrogen) atoms. The number of hydrogen-bond acceptors (Lipinski definition) is 6. The Kier molecular flexibility index (Phi) is 4.51. The zero-order chi connectivity index (χ0) is 11.3. The lowest BCUT2D eigenvalue weighted by Crippen LogP contribution is -2.13. The number of hydrogen-bond donors (Lipinski definition) is 1. The molecule has 0 radical (unpaired) electrons. The number of carbonyl (C=O) groups excluding carboxylic acids is 1. The third-order valence-electron chi connectivity index (χ3n) is 1.27. The van der Waals surface area contributed by atoms with E-state index in [2.05, 4.69) is 25.0 Å². The summed E-state index contributed by atoms with van der Waals surface area (Å²) in [6, 6.07) is 0. The van der Waals surface area contributed by atoms with Crippen molar-refractivity contribution < 1.29 is 9.53 Å². The fraction of sp³-hybridized carbons (Fsp3) is 0.429. The number of aromatic nitrogens is 3. The van der Waals surface area contributed by atoms with E-state index >= 15 is 0 Å². The smallest absolute Gasteiger partial charge is 0.302 e. The van der Waals surface area contributed by atoms with Gasteiger partial charge < -0.3 is 10.1 Å². The van der Waals surface area contributed by atoms with Gasteiger partial charge in [0.1, 0.15) is 6.61 Å². The van der Waals surface area contributed by atoms with Crippen molar-refractivity contribution in [2.45, 2.75) is 6.92 Å². The molecule has 1 N–H and O–H groups in total. The van der Waals surface area contributed by atoms with Crippen molar-refractivity contribution in [2.75, 3.05) is 18.5 Å². The molecule has 0 aliphatic rings. The Balaban J connectivity index is 2.40. The van der Waals surface area contributed by atoms with Crippen molar-refractivity contribution in [3.63, 3.8) is 0 Å². The number of halogens is 2. The van der Waals surface area contributed by atoms with E-state index in [1.54, 1.807) is 0 Å². The summed E-state index contributed by atoms with van der Waals surface area (Å²) < 4.78 is 4.69. The van der Waals surface area contributed by atoms with Crippen molar-refractivity contribution in [3.8, 4) is 0 Å². The fourth-order valence-electron chi connectivity index (χ4n) is 0.763. The van der Waals surface area contributed by atoms with Gasteiger partial charge in [-0.25, -0.2) is 0 Å². The van der Waals surface area contributed by atoms with Crippen LogP contribution in [-0.2, 0) is 9.53 Å². The van der Waals surface area contributed by atoms with Crippen LogP contribution < -0.4 is 5.32 Å². The van der Waals surface area contributed by atoms with Crippen LogP contribution in [0, 0.1) is 0 Å². The highest BCUT2D eigenvalue weighted by Gasteiger charge is 2.02. The molecule has 0 unspecified atom stereocenters. The zero-order valence-electron chi connectivity index (χ0n) is 7.83. The Morgan fingerprint density at radius 3 is 2.47 bits per heavy atom. The molecule has 1 aromatic rings. The van der Waals surface area contributed by atoms with E-state index in [9.17, 15) is 4.79 Å². The number of anilines is 1. The molecule has 8 heteroatoms. The first-order valence-corrected chi connectivity index (χ1v) is 4.78. The Labute approximate surface area is 96.0 Å². The molecule has 1 heterocycles. The number of nitrogens with one attached hydrogen (secondary N) is 1. The van der Waals surface area contributed by atoms with E-state index in [-0.39, 0.29) is 29.1 Å². The summed E-state index contributed by atoms with van der Waals surface area (Å²) in [5, 5.41) is 2.78. The van der Waals surface area contributed by atoms with Crippen molar-refractivity contribution >= 4 is 35.1 Å². The lowest BCUT2D eigenvalue weighted by molar-refractivity contribution is -0.140. The van der Waals surface area contributed by atoms with Crippen molar-refractivity contribution in [2.24, 2.45) is 0 Å². The van der Waals surface area contributed by atoms with Crippen LogP contribution in [0.5, 0.6) is 0 Å². The molecular weight excluding hydrogens is 243 g/mol. The highest BCUT2D eigenvalue weighted by Crippen LogP contribution is 2.08. The monoisotopic (exact) mass is 250 g/mol. The van der Waals surface area contributed by atoms with Gasteiger partial charge in [0.15, 0.2) is 0 Å². The number of ether oxygens (including phenoxy) is 1. The van der Waals surface area contributed by atoms with E-state index in [0.717, 1.165) is 0 Å². The molecule has 0 atom stereocenters. The number of esters is 1. The molecule has 82 valence electrons. The summed E-state index contributed by atoms with van der Waals surface area (Å²) in [5.74, 6) is -0.101. The average molecular weight is 251 g/mol. The summed E-state index contributed by atoms with van der Waals surface area (Å²) in [6.07, 6.45) is 0. The first kappa shape index (κ1) is 11.9. The molecule has 1 aromatic heterocycles. The molecular formula is C7H8Cl2N4O2. The van der Waals surface area contributed by atoms with Crippen molar-refractivity contribution in [1.82, 2.24) is 15.0 Å². The van der Waals surface area contributed by atoms with Crippen LogP contribution in [0.1, 0.15) is 6.92 Å². The van der Waals surface area contributed by atoms with Gasteiger partial charge in [0.05, 0.1) is 6.54 Å². The second-order valence-corrected chi connectivity index (χ2v) is 3.14. The molecule has 0 aliphatic carbocycles. The minimum absolute atomic E-state index is 0.00462. The maximum Gasteiger partial charge on any atom is 0.302 e. The van der Waals surface area contributed by atoms with Gasteiger partial charge in [0.2, 0.25) is 16.5 Å². The molecule has 0 bridgehead atoms. The summed E-state index contributed by atoms with van der Waals surface area (Å²) in [6.45, 7) is 1.92. The van der Waals surface area contributed by atoms with E-state index < -0.39 is 0 Å². The zero-order valence-corrected chi connectivity index (χ0v) is 9.34. The van der Waals surface area contributed by atoms with Crippen LogP contribution in [0.25, 0.3) is 0 Å². The summed E-state index contributed by atoms with van der Waals surface area (Å²) in [7, 11) is 0. The fourth-order valence-corrected chi connectivity index (χ4v) is 1.13. The van der Waals surface area contributed by atoms with Crippen LogP contribution in [-0.4, -0.2) is 34.1 Å². The molecule has 0 aliphatic heterocycles. The quantitative estimate of drug-likeness (QED) is 0.639. The van der Waals surface area contributed by atoms with Crippen LogP contribution in [0.4, 0.5) is 5.95 Å². The number of nitrogens with zero attached hydrogens (tertiary/aromatic N) is 3. The van der Waals surface area contributed by atoms with Crippen LogP contribution >= 0.6 is 23.2 Å². The molecule has 0 fully saturated rings. The Morgan fingerprint density at radius 1 is 1.33 bits per heavy atom. The number of rotatable bonds is 4. The first-order chi connectivity index (χ1) is 7.08. The van der Waals surface area contributed by atoms with Crippen LogP contribution in [0.3, 0.4) is 0 Å². The van der Waals surface area contributed by atoms with Crippen molar-refractivity contribution in [3.05, 3.63) is 10.6 Å². The Morgan fingerprint density at radius 2 is 1.93 bits per heavy atom. The third kappa shape index (κ3) is 4.75. The first-order valence-electron chi connectivity index (χ1n) is 4.02. The highest BCUT2D eigenvalue weighted by atomic mass is 35.5. The van der Waals surface area contributed by atoms with Gasteiger partial charge >= 0.3 is 5.97 Å². The van der Waals surface area contributed by atoms with Gasteiger partial charge in [-0.15, -0.1) is 0 Å². The molecule has 0 aromatic carbocycles. The number of carbonyl (C=O) groups is 1. The standard InChI is InChI=1S/C7H8Cl2N4O2/c1-4(14)15-3-2-10-7-12-5(8)11-6(9)13-7/h2-3H2,1H3,(H,10,11,12,13). The molecule has 6 nitrogen and oxygen atoms in total. The van der Waals surface area contributed by atoms with Gasteiger partial charge in [-0.1, -0.05) is 0 Å². The highest BCUT2D eigenvalue weighted by molar-refractivity contribution is 6.31. The van der Waals surface area contributed by atoms with E-state index in [4.69, 9.17) is 23.2 Å². The SMILES string of the molecule is CC(=O)OCCNc1nc(Cl)nc(Cl)n1. The van der Waals surface area contributed by atoms with E-state index in [1.807, 2.05) is 0 Å². The predicted molar refractivity (Wildman–Crippen MR) is 55.0 cm³/mol. The van der Waals surface area contributed by atoms with Crippen LogP contribution in [0.2, 0.25) is 10.6 Å². The Hall–Kier alpha value is -1.14. The van der Waals surface area contributed by atoms with Gasteiger partial charge in [0, 0.05) is 6.92 Å². The minimum Gasteiger partial charge on any atom is -0.464 e. The summed E-state index contributed by atoms with van der Waals surface area (Å²) in [5.41, 5.74) is 0. The summed E-state index contributed by atoms with van der Waals surface area (Å²) in [4.78, 5) is 21.5. The Bertz CT molecular complexity index is 341. The van der Waals surface area contributed by atoms with Gasteiger partial charge in [-0.2, -0.15) is 15.0 Å². The lowest BCUT2D eigenvalue weighted by Gasteiger charge is -2.04. The van der Waals surface area contributed by atoms with Crippen LogP contribution in [0.15, 0.2) is 0 Å². The molecule has 0 amide bonds. The normalized spacial score (nSPS) is 9.80. The second kappa shape index (κ2) is 5.67. The summed E-state index contributed by atoms with van der Waals surface area (Å²) >= 11 is 11.1. The largest absolute Gasteiger partial charge is 0.464 e. The molecule has 0 saturated carbocycles. The average Bonchev–Trinajstić information content (AvgIpc) is 2.10. The van der Waals surface area contributed by atoms with Gasteiger partial charge in [-0.3, -0.25) is 4.79 Å².